The molecule has 0 bridgehead atoms. The molecule has 142 valence electrons. The molecule has 1 aromatic heterocycles. The molecule has 0 atom stereocenters. The highest BCUT2D eigenvalue weighted by atomic mass is 35.5. The average Bonchev–Trinajstić information content (AvgIpc) is 2.82. The number of nitrogens with one attached hydrogen (secondary N) is 1. The quantitative estimate of drug-likeness (QED) is 0.676. The monoisotopic (exact) mass is 425 g/mol. The van der Waals surface area contributed by atoms with Crippen LogP contribution in [-0.4, -0.2) is 17.8 Å². The fraction of sp³-hybridized carbons (Fsp3) is 0.167. The Balaban J connectivity index is 2.00. The van der Waals surface area contributed by atoms with E-state index in [2.05, 4.69) is 4.72 Å². The zero-order chi connectivity index (χ0) is 19.8. The molecule has 0 saturated heterocycles. The topological polar surface area (TPSA) is 73.1 Å². The maximum absolute atomic E-state index is 12.8. The SMILES string of the molecule is Cc1c(NS(=O)(=O)Cc2c(Cl)cccc2Cl)c(=O)n(-c2ccccc2)n1C. The van der Waals surface area contributed by atoms with Gasteiger partial charge in [-0.15, -0.1) is 0 Å². The molecule has 0 aliphatic carbocycles. The number of rotatable bonds is 5. The molecular formula is C18H17Cl2N3O3S. The lowest BCUT2D eigenvalue weighted by Crippen LogP contribution is -2.23. The second-order valence-corrected chi connectivity index (χ2v) is 8.53. The third-order valence-corrected chi connectivity index (χ3v) is 6.10. The van der Waals surface area contributed by atoms with Crippen molar-refractivity contribution in [3.8, 4) is 5.69 Å². The maximum Gasteiger partial charge on any atom is 0.296 e. The van der Waals surface area contributed by atoms with Crippen LogP contribution in [0.2, 0.25) is 10.0 Å². The zero-order valence-corrected chi connectivity index (χ0v) is 16.9. The molecule has 9 heteroatoms. The molecule has 0 radical (unpaired) electrons. The molecule has 0 aliphatic heterocycles. The van der Waals surface area contributed by atoms with Crippen molar-refractivity contribution in [1.82, 2.24) is 9.36 Å². The van der Waals surface area contributed by atoms with Crippen LogP contribution in [0.15, 0.2) is 53.3 Å². The van der Waals surface area contributed by atoms with Crippen LogP contribution in [0.1, 0.15) is 11.3 Å². The Bertz CT molecular complexity index is 1130. The van der Waals surface area contributed by atoms with E-state index in [1.165, 1.54) is 4.68 Å². The Morgan fingerprint density at radius 1 is 1.00 bits per heavy atom. The van der Waals surface area contributed by atoms with Crippen molar-refractivity contribution in [2.75, 3.05) is 4.72 Å². The summed E-state index contributed by atoms with van der Waals surface area (Å²) in [6.07, 6.45) is 0. The molecule has 1 N–H and O–H groups in total. The lowest BCUT2D eigenvalue weighted by atomic mass is 10.2. The summed E-state index contributed by atoms with van der Waals surface area (Å²) in [5.74, 6) is -0.440. The number of para-hydroxylation sites is 1. The summed E-state index contributed by atoms with van der Waals surface area (Å²) in [4.78, 5) is 12.8. The third-order valence-electron chi connectivity index (χ3n) is 4.21. The van der Waals surface area contributed by atoms with Gasteiger partial charge >= 0.3 is 0 Å². The lowest BCUT2D eigenvalue weighted by molar-refractivity contribution is 0.600. The van der Waals surface area contributed by atoms with E-state index in [0.29, 0.717) is 11.4 Å². The van der Waals surface area contributed by atoms with Crippen LogP contribution in [0.5, 0.6) is 0 Å². The van der Waals surface area contributed by atoms with Crippen molar-refractivity contribution < 1.29 is 8.42 Å². The molecule has 0 aliphatic rings. The molecule has 0 fully saturated rings. The first-order valence-corrected chi connectivity index (χ1v) is 10.4. The van der Waals surface area contributed by atoms with Gasteiger partial charge in [-0.2, -0.15) is 0 Å². The summed E-state index contributed by atoms with van der Waals surface area (Å²) in [6.45, 7) is 1.67. The van der Waals surface area contributed by atoms with E-state index < -0.39 is 21.3 Å². The number of aromatic nitrogens is 2. The number of nitrogens with zero attached hydrogens (tertiary/aromatic N) is 2. The fourth-order valence-corrected chi connectivity index (χ4v) is 4.74. The highest BCUT2D eigenvalue weighted by molar-refractivity contribution is 7.91. The molecule has 2 aromatic carbocycles. The van der Waals surface area contributed by atoms with Crippen LogP contribution < -0.4 is 10.3 Å². The Kier molecular flexibility index (Phi) is 5.37. The van der Waals surface area contributed by atoms with Crippen LogP contribution >= 0.6 is 23.2 Å². The van der Waals surface area contributed by atoms with Gasteiger partial charge in [0.25, 0.3) is 5.56 Å². The van der Waals surface area contributed by atoms with Gasteiger partial charge in [-0.25, -0.2) is 13.1 Å². The largest absolute Gasteiger partial charge is 0.296 e. The van der Waals surface area contributed by atoms with Gasteiger partial charge in [0, 0.05) is 22.7 Å². The van der Waals surface area contributed by atoms with E-state index in [9.17, 15) is 13.2 Å². The van der Waals surface area contributed by atoms with Crippen molar-refractivity contribution in [3.63, 3.8) is 0 Å². The molecular weight excluding hydrogens is 409 g/mol. The van der Waals surface area contributed by atoms with Gasteiger partial charge in [-0.1, -0.05) is 47.5 Å². The molecule has 1 heterocycles. The van der Waals surface area contributed by atoms with Crippen molar-refractivity contribution >= 4 is 38.9 Å². The maximum atomic E-state index is 12.8. The Hall–Kier alpha value is -2.22. The van der Waals surface area contributed by atoms with Crippen molar-refractivity contribution in [1.29, 1.82) is 0 Å². The molecule has 6 nitrogen and oxygen atoms in total. The molecule has 3 rings (SSSR count). The van der Waals surface area contributed by atoms with Crippen molar-refractivity contribution in [2.45, 2.75) is 12.7 Å². The van der Waals surface area contributed by atoms with Gasteiger partial charge in [-0.05, 0) is 31.2 Å². The Morgan fingerprint density at radius 3 is 2.19 bits per heavy atom. The summed E-state index contributed by atoms with van der Waals surface area (Å²) >= 11 is 12.1. The summed E-state index contributed by atoms with van der Waals surface area (Å²) in [6, 6.07) is 13.7. The number of benzene rings is 2. The minimum absolute atomic E-state index is 0.00970. The first-order valence-electron chi connectivity index (χ1n) is 7.98. The van der Waals surface area contributed by atoms with Crippen LogP contribution in [0.25, 0.3) is 5.69 Å². The van der Waals surface area contributed by atoms with E-state index in [4.69, 9.17) is 23.2 Å². The van der Waals surface area contributed by atoms with E-state index >= 15 is 0 Å². The van der Waals surface area contributed by atoms with Gasteiger partial charge in [-0.3, -0.25) is 14.2 Å². The van der Waals surface area contributed by atoms with Crippen LogP contribution in [0.3, 0.4) is 0 Å². The third kappa shape index (κ3) is 3.90. The molecule has 27 heavy (non-hydrogen) atoms. The van der Waals surface area contributed by atoms with Gasteiger partial charge in [0.2, 0.25) is 10.0 Å². The number of anilines is 1. The van der Waals surface area contributed by atoms with Crippen LogP contribution in [0.4, 0.5) is 5.69 Å². The highest BCUT2D eigenvalue weighted by Crippen LogP contribution is 2.27. The molecule has 0 saturated carbocycles. The second kappa shape index (κ2) is 7.42. The smallest absolute Gasteiger partial charge is 0.283 e. The van der Waals surface area contributed by atoms with E-state index in [1.807, 2.05) is 6.07 Å². The van der Waals surface area contributed by atoms with Crippen LogP contribution in [-0.2, 0) is 22.8 Å². The van der Waals surface area contributed by atoms with E-state index in [-0.39, 0.29) is 21.3 Å². The summed E-state index contributed by atoms with van der Waals surface area (Å²) in [5.41, 5.74) is 0.926. The summed E-state index contributed by atoms with van der Waals surface area (Å²) < 4.78 is 30.7. The lowest BCUT2D eigenvalue weighted by Gasteiger charge is -2.09. The van der Waals surface area contributed by atoms with Crippen LogP contribution in [0, 0.1) is 6.92 Å². The zero-order valence-electron chi connectivity index (χ0n) is 14.6. The summed E-state index contributed by atoms with van der Waals surface area (Å²) in [7, 11) is -2.22. The van der Waals surface area contributed by atoms with Crippen molar-refractivity contribution in [2.24, 2.45) is 7.05 Å². The van der Waals surface area contributed by atoms with E-state index in [0.717, 1.165) is 0 Å². The van der Waals surface area contributed by atoms with Crippen molar-refractivity contribution in [3.05, 3.63) is 80.2 Å². The minimum Gasteiger partial charge on any atom is -0.283 e. The highest BCUT2D eigenvalue weighted by Gasteiger charge is 2.23. The first-order chi connectivity index (χ1) is 12.7. The Labute approximate surface area is 167 Å². The normalized spacial score (nSPS) is 11.6. The minimum atomic E-state index is -3.91. The molecule has 0 amide bonds. The molecule has 3 aromatic rings. The van der Waals surface area contributed by atoms with Gasteiger partial charge in [0.15, 0.2) is 0 Å². The van der Waals surface area contributed by atoms with E-state index in [1.54, 1.807) is 61.1 Å². The molecule has 0 spiro atoms. The summed E-state index contributed by atoms with van der Waals surface area (Å²) in [5, 5.41) is 0.499. The van der Waals surface area contributed by atoms with Gasteiger partial charge < -0.3 is 0 Å². The number of sulfonamides is 1. The number of hydrogen-bond acceptors (Lipinski definition) is 3. The fourth-order valence-electron chi connectivity index (χ4n) is 2.74. The van der Waals surface area contributed by atoms with Gasteiger partial charge in [0.05, 0.1) is 17.1 Å². The average molecular weight is 426 g/mol. The number of halogens is 2. The Morgan fingerprint density at radius 2 is 1.59 bits per heavy atom. The number of hydrogen-bond donors (Lipinski definition) is 1. The second-order valence-electron chi connectivity index (χ2n) is 6.00. The standard InChI is InChI=1S/C18H17Cl2N3O3S/c1-12-17(18(24)23(22(12)2)13-7-4-3-5-8-13)21-27(25,26)11-14-15(19)9-6-10-16(14)20/h3-10,21H,11H2,1-2H3. The predicted octanol–water partition coefficient (Wildman–Crippen LogP) is 3.73. The first kappa shape index (κ1) is 19.5. The molecule has 0 unspecified atom stereocenters. The predicted molar refractivity (Wildman–Crippen MR) is 108 cm³/mol. The van der Waals surface area contributed by atoms with Gasteiger partial charge in [0.1, 0.15) is 5.69 Å².